The summed E-state index contributed by atoms with van der Waals surface area (Å²) < 4.78 is 31.0. The number of hydrogen-bond donors (Lipinski definition) is 1. The molecule has 1 aromatic rings. The van der Waals surface area contributed by atoms with Gasteiger partial charge in [0, 0.05) is 25.2 Å². The summed E-state index contributed by atoms with van der Waals surface area (Å²) >= 11 is 0. The van der Waals surface area contributed by atoms with Crippen molar-refractivity contribution >= 4 is 10.0 Å². The Morgan fingerprint density at radius 3 is 2.82 bits per heavy atom. The Hall–Kier alpha value is -1.11. The fourth-order valence-corrected chi connectivity index (χ4v) is 3.43. The molecule has 5 nitrogen and oxygen atoms in total. The van der Waals surface area contributed by atoms with Crippen molar-refractivity contribution in [2.24, 2.45) is 5.73 Å². The first-order valence-electron chi connectivity index (χ1n) is 5.44. The molecule has 2 rings (SSSR count). The molecular weight excluding hydrogens is 240 g/mol. The summed E-state index contributed by atoms with van der Waals surface area (Å²) in [4.78, 5) is 0.256. The van der Waals surface area contributed by atoms with Crippen LogP contribution in [0.15, 0.2) is 29.2 Å². The maximum atomic E-state index is 12.3. The molecule has 2 N–H and O–H groups in total. The first-order valence-corrected chi connectivity index (χ1v) is 6.88. The Morgan fingerprint density at radius 1 is 1.47 bits per heavy atom. The summed E-state index contributed by atoms with van der Waals surface area (Å²) in [6, 6.07) is 6.42. The van der Waals surface area contributed by atoms with E-state index in [9.17, 15) is 8.42 Å². The second-order valence-electron chi connectivity index (χ2n) is 4.09. The van der Waals surface area contributed by atoms with Gasteiger partial charge in [0.1, 0.15) is 5.75 Å². The van der Waals surface area contributed by atoms with E-state index in [0.717, 1.165) is 0 Å². The number of benzene rings is 1. The number of ether oxygens (including phenoxy) is 1. The second kappa shape index (κ2) is 4.64. The molecule has 1 heterocycles. The zero-order valence-corrected chi connectivity index (χ0v) is 10.5. The van der Waals surface area contributed by atoms with Gasteiger partial charge >= 0.3 is 0 Å². The summed E-state index contributed by atoms with van der Waals surface area (Å²) in [5.74, 6) is 0.537. The van der Waals surface area contributed by atoms with E-state index in [4.69, 9.17) is 10.5 Å². The minimum Gasteiger partial charge on any atom is -0.497 e. The van der Waals surface area contributed by atoms with Crippen molar-refractivity contribution < 1.29 is 13.2 Å². The first kappa shape index (κ1) is 12.3. The molecule has 1 aliphatic rings. The van der Waals surface area contributed by atoms with Crippen molar-refractivity contribution in [3.8, 4) is 5.75 Å². The van der Waals surface area contributed by atoms with E-state index in [1.165, 1.54) is 17.5 Å². The Kier molecular flexibility index (Phi) is 3.37. The van der Waals surface area contributed by atoms with Crippen LogP contribution in [0.25, 0.3) is 0 Å². The fourth-order valence-electron chi connectivity index (χ4n) is 1.88. The molecule has 0 amide bonds. The van der Waals surface area contributed by atoms with E-state index >= 15 is 0 Å². The molecule has 0 aliphatic carbocycles. The highest BCUT2D eigenvalue weighted by atomic mass is 32.2. The smallest absolute Gasteiger partial charge is 0.243 e. The Balaban J connectivity index is 2.31. The second-order valence-corrected chi connectivity index (χ2v) is 6.03. The molecular formula is C11H16N2O3S. The zero-order chi connectivity index (χ0) is 12.5. The van der Waals surface area contributed by atoms with Gasteiger partial charge in [0.25, 0.3) is 0 Å². The van der Waals surface area contributed by atoms with Gasteiger partial charge in [-0.1, -0.05) is 6.07 Å². The lowest BCUT2D eigenvalue weighted by Gasteiger charge is -2.16. The number of rotatable bonds is 3. The van der Waals surface area contributed by atoms with Gasteiger partial charge in [-0.15, -0.1) is 0 Å². The van der Waals surface area contributed by atoms with E-state index in [2.05, 4.69) is 0 Å². The third kappa shape index (κ3) is 2.43. The maximum absolute atomic E-state index is 12.3. The van der Waals surface area contributed by atoms with Crippen molar-refractivity contribution in [3.63, 3.8) is 0 Å². The van der Waals surface area contributed by atoms with Crippen molar-refractivity contribution in [2.75, 3.05) is 20.2 Å². The number of nitrogens with two attached hydrogens (primary N) is 1. The van der Waals surface area contributed by atoms with Gasteiger partial charge in [0.15, 0.2) is 0 Å². The predicted octanol–water partition coefficient (Wildman–Crippen LogP) is 0.417. The molecule has 1 fully saturated rings. The minimum absolute atomic E-state index is 0.0598. The molecule has 1 aliphatic heterocycles. The number of sulfonamides is 1. The number of hydrogen-bond acceptors (Lipinski definition) is 4. The summed E-state index contributed by atoms with van der Waals surface area (Å²) in [6.45, 7) is 0.875. The van der Waals surface area contributed by atoms with E-state index in [1.54, 1.807) is 18.2 Å². The number of methoxy groups -OCH3 is 1. The van der Waals surface area contributed by atoms with Crippen LogP contribution in [0.4, 0.5) is 0 Å². The van der Waals surface area contributed by atoms with Gasteiger partial charge in [-0.3, -0.25) is 0 Å². The highest BCUT2D eigenvalue weighted by molar-refractivity contribution is 7.89. The van der Waals surface area contributed by atoms with E-state index in [-0.39, 0.29) is 10.9 Å². The summed E-state index contributed by atoms with van der Waals surface area (Å²) in [7, 11) is -1.92. The molecule has 0 unspecified atom stereocenters. The molecule has 1 saturated heterocycles. The lowest BCUT2D eigenvalue weighted by molar-refractivity contribution is 0.412. The SMILES string of the molecule is COc1cccc(S(=O)(=O)N2CC[C@@H](N)C2)c1. The quantitative estimate of drug-likeness (QED) is 0.850. The van der Waals surface area contributed by atoms with Crippen molar-refractivity contribution in [1.82, 2.24) is 4.31 Å². The van der Waals surface area contributed by atoms with Crippen LogP contribution in [0.3, 0.4) is 0 Å². The predicted molar refractivity (Wildman–Crippen MR) is 64.3 cm³/mol. The molecule has 0 spiro atoms. The Bertz CT molecular complexity index is 501. The minimum atomic E-state index is -3.43. The fraction of sp³-hybridized carbons (Fsp3) is 0.455. The molecule has 0 radical (unpaired) electrons. The van der Waals surface area contributed by atoms with Crippen LogP contribution in [0.5, 0.6) is 5.75 Å². The van der Waals surface area contributed by atoms with E-state index in [1.807, 2.05) is 0 Å². The Morgan fingerprint density at radius 2 is 2.24 bits per heavy atom. The van der Waals surface area contributed by atoms with Crippen molar-refractivity contribution in [2.45, 2.75) is 17.4 Å². The van der Waals surface area contributed by atoms with Crippen LogP contribution in [-0.4, -0.2) is 39.0 Å². The highest BCUT2D eigenvalue weighted by Crippen LogP contribution is 2.23. The van der Waals surface area contributed by atoms with Crippen LogP contribution in [0, 0.1) is 0 Å². The molecule has 1 aromatic carbocycles. The summed E-state index contributed by atoms with van der Waals surface area (Å²) in [5.41, 5.74) is 5.73. The van der Waals surface area contributed by atoms with Gasteiger partial charge < -0.3 is 10.5 Å². The monoisotopic (exact) mass is 256 g/mol. The van der Waals surface area contributed by atoms with Crippen molar-refractivity contribution in [1.29, 1.82) is 0 Å². The lowest BCUT2D eigenvalue weighted by atomic mass is 10.3. The lowest BCUT2D eigenvalue weighted by Crippen LogP contribution is -2.31. The van der Waals surface area contributed by atoms with Gasteiger partial charge in [0.05, 0.1) is 12.0 Å². The van der Waals surface area contributed by atoms with Gasteiger partial charge in [-0.2, -0.15) is 4.31 Å². The van der Waals surface area contributed by atoms with E-state index < -0.39 is 10.0 Å². The zero-order valence-electron chi connectivity index (χ0n) is 9.67. The molecule has 1 atom stereocenters. The molecule has 6 heteroatoms. The topological polar surface area (TPSA) is 72.6 Å². The van der Waals surface area contributed by atoms with E-state index in [0.29, 0.717) is 25.3 Å². The van der Waals surface area contributed by atoms with Crippen LogP contribution in [0.1, 0.15) is 6.42 Å². The van der Waals surface area contributed by atoms with Gasteiger partial charge in [-0.25, -0.2) is 8.42 Å². The molecule has 0 aromatic heterocycles. The van der Waals surface area contributed by atoms with Gasteiger partial charge in [-0.05, 0) is 18.6 Å². The molecule has 0 saturated carbocycles. The standard InChI is InChI=1S/C11H16N2O3S/c1-16-10-3-2-4-11(7-10)17(14,15)13-6-5-9(12)8-13/h2-4,7,9H,5-6,8,12H2,1H3/t9-/m1/s1. The van der Waals surface area contributed by atoms with Crippen LogP contribution < -0.4 is 10.5 Å². The molecule has 17 heavy (non-hydrogen) atoms. The summed E-state index contributed by atoms with van der Waals surface area (Å²) in [5, 5.41) is 0. The average Bonchev–Trinajstić information content (AvgIpc) is 2.76. The third-order valence-electron chi connectivity index (χ3n) is 2.87. The Labute approximate surface area is 101 Å². The van der Waals surface area contributed by atoms with Gasteiger partial charge in [0.2, 0.25) is 10.0 Å². The van der Waals surface area contributed by atoms with Crippen LogP contribution in [0.2, 0.25) is 0 Å². The van der Waals surface area contributed by atoms with Crippen molar-refractivity contribution in [3.05, 3.63) is 24.3 Å². The largest absolute Gasteiger partial charge is 0.497 e. The maximum Gasteiger partial charge on any atom is 0.243 e. The summed E-state index contributed by atoms with van der Waals surface area (Å²) in [6.07, 6.45) is 0.712. The highest BCUT2D eigenvalue weighted by Gasteiger charge is 2.30. The third-order valence-corrected chi connectivity index (χ3v) is 4.73. The molecule has 0 bridgehead atoms. The first-order chi connectivity index (χ1) is 8.04. The normalized spacial score (nSPS) is 21.6. The van der Waals surface area contributed by atoms with Crippen LogP contribution in [-0.2, 0) is 10.0 Å². The molecule has 94 valence electrons. The average molecular weight is 256 g/mol. The van der Waals surface area contributed by atoms with Crippen LogP contribution >= 0.6 is 0 Å². The number of nitrogens with zero attached hydrogens (tertiary/aromatic N) is 1.